The lowest BCUT2D eigenvalue weighted by atomic mass is 9.80. The quantitative estimate of drug-likeness (QED) is 0.736. The van der Waals surface area contributed by atoms with Crippen molar-refractivity contribution in [1.29, 1.82) is 5.26 Å². The van der Waals surface area contributed by atoms with E-state index in [2.05, 4.69) is 16.3 Å². The zero-order valence-corrected chi connectivity index (χ0v) is 19.4. The van der Waals surface area contributed by atoms with Crippen LogP contribution in [-0.4, -0.2) is 43.2 Å². The standard InChI is InChI=1S/C25H29N3O3.ClH/c1-18(29)27-23-16-25(31-24-8-7-21(30-2)15-22(23)24)10-13-28(14-11-25)12-9-19-3-5-20(17-26)6-4-19;/h3-8,15,23H,9-14,16H2,1-2H3,(H,27,29);1H/t23-;/m0./s1. The summed E-state index contributed by atoms with van der Waals surface area (Å²) in [6, 6.07) is 15.8. The lowest BCUT2D eigenvalue weighted by molar-refractivity contribution is -0.120. The number of carbonyl (C=O) groups is 1. The van der Waals surface area contributed by atoms with Crippen LogP contribution in [0.5, 0.6) is 11.5 Å². The highest BCUT2D eigenvalue weighted by molar-refractivity contribution is 5.85. The Kier molecular flexibility index (Phi) is 7.65. The second-order valence-electron chi connectivity index (χ2n) is 8.55. The molecule has 1 fully saturated rings. The first kappa shape index (κ1) is 23.9. The van der Waals surface area contributed by atoms with Crippen LogP contribution in [-0.2, 0) is 11.2 Å². The van der Waals surface area contributed by atoms with Gasteiger partial charge in [-0.2, -0.15) is 5.26 Å². The van der Waals surface area contributed by atoms with Crippen LogP contribution >= 0.6 is 12.4 Å². The number of fused-ring (bicyclic) bond motifs is 1. The number of nitriles is 1. The third-order valence-electron chi connectivity index (χ3n) is 6.44. The third-order valence-corrected chi connectivity index (χ3v) is 6.44. The van der Waals surface area contributed by atoms with E-state index in [1.165, 1.54) is 5.56 Å². The minimum Gasteiger partial charge on any atom is -0.497 e. The highest BCUT2D eigenvalue weighted by Crippen LogP contribution is 2.45. The van der Waals surface area contributed by atoms with Crippen molar-refractivity contribution in [3.63, 3.8) is 0 Å². The minimum absolute atomic E-state index is 0. The predicted octanol–water partition coefficient (Wildman–Crippen LogP) is 4.03. The van der Waals surface area contributed by atoms with Crippen LogP contribution in [0.3, 0.4) is 0 Å². The minimum atomic E-state index is -0.250. The van der Waals surface area contributed by atoms with Crippen molar-refractivity contribution in [3.8, 4) is 17.6 Å². The molecule has 7 heteroatoms. The molecule has 0 saturated carbocycles. The SMILES string of the molecule is COc1ccc2c(c1)[C@@H](NC(C)=O)CC1(CCN(CCc3ccc(C#N)cc3)CC1)O2.Cl. The van der Waals surface area contributed by atoms with Gasteiger partial charge in [0.25, 0.3) is 0 Å². The summed E-state index contributed by atoms with van der Waals surface area (Å²) in [6.45, 7) is 4.49. The molecule has 2 aliphatic heterocycles. The zero-order valence-electron chi connectivity index (χ0n) is 18.6. The lowest BCUT2D eigenvalue weighted by Crippen LogP contribution is -2.52. The zero-order chi connectivity index (χ0) is 21.8. The monoisotopic (exact) mass is 455 g/mol. The molecule has 32 heavy (non-hydrogen) atoms. The molecule has 2 aromatic carbocycles. The van der Waals surface area contributed by atoms with Gasteiger partial charge in [0.2, 0.25) is 5.91 Å². The molecule has 0 unspecified atom stereocenters. The Labute approximate surface area is 195 Å². The van der Waals surface area contributed by atoms with E-state index in [1.54, 1.807) is 14.0 Å². The second kappa shape index (κ2) is 10.2. The van der Waals surface area contributed by atoms with E-state index < -0.39 is 0 Å². The molecule has 1 saturated heterocycles. The van der Waals surface area contributed by atoms with Gasteiger partial charge in [-0.1, -0.05) is 12.1 Å². The van der Waals surface area contributed by atoms with E-state index in [1.807, 2.05) is 42.5 Å². The van der Waals surface area contributed by atoms with Gasteiger partial charge in [0.05, 0.1) is 24.8 Å². The van der Waals surface area contributed by atoms with Crippen molar-refractivity contribution in [2.45, 2.75) is 44.2 Å². The van der Waals surface area contributed by atoms with Crippen molar-refractivity contribution >= 4 is 18.3 Å². The van der Waals surface area contributed by atoms with Crippen LogP contribution in [0, 0.1) is 11.3 Å². The molecule has 1 atom stereocenters. The average molecular weight is 456 g/mol. The first-order valence-electron chi connectivity index (χ1n) is 10.9. The normalized spacial score (nSPS) is 19.1. The Morgan fingerprint density at radius 1 is 1.25 bits per heavy atom. The number of ether oxygens (including phenoxy) is 2. The van der Waals surface area contributed by atoms with Gasteiger partial charge >= 0.3 is 0 Å². The molecule has 0 bridgehead atoms. The Morgan fingerprint density at radius 2 is 1.97 bits per heavy atom. The summed E-state index contributed by atoms with van der Waals surface area (Å²) in [5.74, 6) is 1.58. The Hall–Kier alpha value is -2.75. The molecule has 0 radical (unpaired) electrons. The summed E-state index contributed by atoms with van der Waals surface area (Å²) in [5.41, 5.74) is 2.69. The number of rotatable bonds is 5. The lowest BCUT2D eigenvalue weighted by Gasteiger charge is -2.47. The highest BCUT2D eigenvalue weighted by Gasteiger charge is 2.43. The maximum atomic E-state index is 11.9. The Bertz CT molecular complexity index is 979. The molecule has 6 nitrogen and oxygen atoms in total. The van der Waals surface area contributed by atoms with Gasteiger partial charge in [-0.25, -0.2) is 0 Å². The van der Waals surface area contributed by atoms with E-state index in [0.29, 0.717) is 5.56 Å². The summed E-state index contributed by atoms with van der Waals surface area (Å²) >= 11 is 0. The molecular weight excluding hydrogens is 426 g/mol. The largest absolute Gasteiger partial charge is 0.497 e. The van der Waals surface area contributed by atoms with Crippen LogP contribution in [0.4, 0.5) is 0 Å². The smallest absolute Gasteiger partial charge is 0.217 e. The highest BCUT2D eigenvalue weighted by atomic mass is 35.5. The molecule has 1 N–H and O–H groups in total. The van der Waals surface area contributed by atoms with Gasteiger partial charge < -0.3 is 19.7 Å². The molecule has 2 aliphatic rings. The van der Waals surface area contributed by atoms with Crippen LogP contribution in [0.2, 0.25) is 0 Å². The summed E-state index contributed by atoms with van der Waals surface area (Å²) in [4.78, 5) is 14.3. The van der Waals surface area contributed by atoms with Crippen LogP contribution in [0.1, 0.15) is 48.9 Å². The summed E-state index contributed by atoms with van der Waals surface area (Å²) < 4.78 is 11.9. The number of benzene rings is 2. The van der Waals surface area contributed by atoms with Gasteiger partial charge in [-0.3, -0.25) is 4.79 Å². The number of likely N-dealkylation sites (tertiary alicyclic amines) is 1. The van der Waals surface area contributed by atoms with E-state index in [9.17, 15) is 4.79 Å². The van der Waals surface area contributed by atoms with E-state index in [0.717, 1.165) is 62.4 Å². The third kappa shape index (κ3) is 5.35. The van der Waals surface area contributed by atoms with Gasteiger partial charge in [0.1, 0.15) is 17.1 Å². The molecule has 2 heterocycles. The van der Waals surface area contributed by atoms with E-state index in [4.69, 9.17) is 14.7 Å². The van der Waals surface area contributed by atoms with Gasteiger partial charge in [0.15, 0.2) is 0 Å². The number of nitrogens with zero attached hydrogens (tertiary/aromatic N) is 2. The van der Waals surface area contributed by atoms with Crippen molar-refractivity contribution in [3.05, 3.63) is 59.2 Å². The topological polar surface area (TPSA) is 74.6 Å². The summed E-state index contributed by atoms with van der Waals surface area (Å²) in [7, 11) is 1.65. The van der Waals surface area contributed by atoms with Crippen LogP contribution < -0.4 is 14.8 Å². The maximum absolute atomic E-state index is 11.9. The predicted molar refractivity (Wildman–Crippen MR) is 125 cm³/mol. The van der Waals surface area contributed by atoms with E-state index in [-0.39, 0.29) is 30.0 Å². The number of methoxy groups -OCH3 is 1. The van der Waals surface area contributed by atoms with Crippen molar-refractivity contribution in [2.24, 2.45) is 0 Å². The number of hydrogen-bond acceptors (Lipinski definition) is 5. The molecule has 4 rings (SSSR count). The Balaban J connectivity index is 0.00000289. The molecular formula is C25H30ClN3O3. The maximum Gasteiger partial charge on any atom is 0.217 e. The number of carbonyl (C=O) groups excluding carboxylic acids is 1. The summed E-state index contributed by atoms with van der Waals surface area (Å²) in [5, 5.41) is 12.1. The average Bonchev–Trinajstić information content (AvgIpc) is 2.78. The molecule has 170 valence electrons. The van der Waals surface area contributed by atoms with Crippen molar-refractivity contribution in [2.75, 3.05) is 26.7 Å². The number of hydrogen-bond donors (Lipinski definition) is 1. The first-order valence-corrected chi connectivity index (χ1v) is 10.9. The number of nitrogens with one attached hydrogen (secondary N) is 1. The fraction of sp³-hybridized carbons (Fsp3) is 0.440. The van der Waals surface area contributed by atoms with Crippen molar-refractivity contribution in [1.82, 2.24) is 10.2 Å². The van der Waals surface area contributed by atoms with Crippen molar-refractivity contribution < 1.29 is 14.3 Å². The Morgan fingerprint density at radius 3 is 2.59 bits per heavy atom. The number of amides is 1. The molecule has 1 amide bonds. The fourth-order valence-corrected chi connectivity index (χ4v) is 4.67. The number of piperidine rings is 1. The molecule has 0 aliphatic carbocycles. The van der Waals surface area contributed by atoms with Crippen LogP contribution in [0.15, 0.2) is 42.5 Å². The van der Waals surface area contributed by atoms with Gasteiger partial charge in [-0.15, -0.1) is 12.4 Å². The number of halogens is 1. The molecule has 1 spiro atoms. The van der Waals surface area contributed by atoms with Crippen LogP contribution in [0.25, 0.3) is 0 Å². The molecule has 0 aromatic heterocycles. The molecule has 2 aromatic rings. The van der Waals surface area contributed by atoms with E-state index >= 15 is 0 Å². The van der Waals surface area contributed by atoms with Gasteiger partial charge in [-0.05, 0) is 55.2 Å². The first-order chi connectivity index (χ1) is 15.0. The van der Waals surface area contributed by atoms with Gasteiger partial charge in [0, 0.05) is 38.5 Å². The summed E-state index contributed by atoms with van der Waals surface area (Å²) in [6.07, 6.45) is 3.61. The fourth-order valence-electron chi connectivity index (χ4n) is 4.67. The second-order valence-corrected chi connectivity index (χ2v) is 8.55.